The molecule has 0 heterocycles. The Morgan fingerprint density at radius 2 is 1.25 bits per heavy atom. The van der Waals surface area contributed by atoms with Crippen LogP contribution in [0.3, 0.4) is 0 Å². The fraction of sp³-hybridized carbons (Fsp3) is 0.143. The lowest BCUT2D eigenvalue weighted by Crippen LogP contribution is -1.84. The van der Waals surface area contributed by atoms with Gasteiger partial charge in [0, 0.05) is 12.7 Å². The second-order valence-electron chi connectivity index (χ2n) is 2.18. The molecule has 5 N–H and O–H groups in total. The van der Waals surface area contributed by atoms with E-state index < -0.39 is 16.5 Å². The van der Waals surface area contributed by atoms with Crippen molar-refractivity contribution in [1.29, 1.82) is 0 Å². The highest BCUT2D eigenvalue weighted by Crippen LogP contribution is 2.01. The first-order valence-electron chi connectivity index (χ1n) is 3.96. The molecule has 0 spiro atoms. The molecule has 0 aliphatic heterocycles. The summed E-state index contributed by atoms with van der Waals surface area (Å²) in [6.45, 7) is 0. The molecule has 0 aliphatic rings. The Morgan fingerprint density at radius 1 is 0.938 bits per heavy atom. The third kappa shape index (κ3) is 23.3. The van der Waals surface area contributed by atoms with Gasteiger partial charge in [0.25, 0.3) is 0 Å². The molecule has 0 aliphatic carbocycles. The molecule has 0 saturated heterocycles. The lowest BCUT2D eigenvalue weighted by molar-refractivity contribution is 0.403. The van der Waals surface area contributed by atoms with Crippen LogP contribution in [0.4, 0.5) is 5.69 Å². The van der Waals surface area contributed by atoms with E-state index in [1.807, 2.05) is 37.4 Å². The zero-order valence-corrected chi connectivity index (χ0v) is 10.5. The van der Waals surface area contributed by atoms with Crippen molar-refractivity contribution >= 4 is 22.2 Å². The van der Waals surface area contributed by atoms with Crippen LogP contribution in [-0.4, -0.2) is 26.6 Å². The highest BCUT2D eigenvalue weighted by molar-refractivity contribution is 7.31. The molecule has 0 saturated carbocycles. The van der Waals surface area contributed by atoms with E-state index in [0.29, 0.717) is 0 Å². The third-order valence-electron chi connectivity index (χ3n) is 1.06. The highest BCUT2D eigenvalue weighted by Gasteiger charge is 1.77. The SMILES string of the molecule is CNc1ccccc1.O=[PH](O)O.O=[PH](O)O. The molecule has 1 aromatic carbocycles. The summed E-state index contributed by atoms with van der Waals surface area (Å²) in [6, 6.07) is 10.1. The summed E-state index contributed by atoms with van der Waals surface area (Å²) < 4.78 is 17.5. The van der Waals surface area contributed by atoms with E-state index in [2.05, 4.69) is 5.32 Å². The van der Waals surface area contributed by atoms with Crippen LogP contribution < -0.4 is 5.32 Å². The number of benzene rings is 1. The van der Waals surface area contributed by atoms with Crippen LogP contribution in [0.1, 0.15) is 0 Å². The number of nitrogens with one attached hydrogen (secondary N) is 1. The van der Waals surface area contributed by atoms with Crippen LogP contribution in [0.25, 0.3) is 0 Å². The van der Waals surface area contributed by atoms with Crippen LogP contribution in [0, 0.1) is 0 Å². The molecule has 0 fully saturated rings. The number of hydrogen-bond donors (Lipinski definition) is 5. The number of anilines is 1. The van der Waals surface area contributed by atoms with Gasteiger partial charge in [-0.05, 0) is 12.1 Å². The molecule has 0 amide bonds. The molecule has 0 unspecified atom stereocenters. The average molecular weight is 271 g/mol. The largest absolute Gasteiger partial charge is 0.388 e. The van der Waals surface area contributed by atoms with Crippen LogP contribution in [0.15, 0.2) is 30.3 Å². The summed E-state index contributed by atoms with van der Waals surface area (Å²) in [6.07, 6.45) is 0. The predicted octanol–water partition coefficient (Wildman–Crippen LogP) is 0.450. The van der Waals surface area contributed by atoms with E-state index in [1.54, 1.807) is 0 Å². The fourth-order valence-corrected chi connectivity index (χ4v) is 0.605. The molecule has 7 nitrogen and oxygen atoms in total. The van der Waals surface area contributed by atoms with Gasteiger partial charge in [-0.1, -0.05) is 18.2 Å². The van der Waals surface area contributed by atoms with Crippen LogP contribution in [-0.2, 0) is 9.13 Å². The van der Waals surface area contributed by atoms with Gasteiger partial charge in [0.05, 0.1) is 0 Å². The van der Waals surface area contributed by atoms with Gasteiger partial charge in [0.1, 0.15) is 0 Å². The number of para-hydroxylation sites is 1. The van der Waals surface area contributed by atoms with Gasteiger partial charge in [-0.3, -0.25) is 9.13 Å². The van der Waals surface area contributed by atoms with Gasteiger partial charge in [-0.25, -0.2) is 0 Å². The molecule has 0 atom stereocenters. The Morgan fingerprint density at radius 3 is 1.44 bits per heavy atom. The Hall–Kier alpha value is -0.680. The van der Waals surface area contributed by atoms with Crippen molar-refractivity contribution in [1.82, 2.24) is 0 Å². The first kappa shape index (κ1) is 17.7. The van der Waals surface area contributed by atoms with Gasteiger partial charge in [0.2, 0.25) is 0 Å². The molecule has 0 aromatic heterocycles. The van der Waals surface area contributed by atoms with Crippen molar-refractivity contribution in [3.63, 3.8) is 0 Å². The molecule has 1 aromatic rings. The summed E-state index contributed by atoms with van der Waals surface area (Å²) in [7, 11) is -4.35. The van der Waals surface area contributed by atoms with Crippen molar-refractivity contribution in [2.45, 2.75) is 0 Å². The summed E-state index contributed by atoms with van der Waals surface area (Å²) in [5.74, 6) is 0. The Bertz CT molecular complexity index is 287. The van der Waals surface area contributed by atoms with Gasteiger partial charge < -0.3 is 24.9 Å². The van der Waals surface area contributed by atoms with E-state index in [0.717, 1.165) is 5.69 Å². The fourth-order valence-electron chi connectivity index (χ4n) is 0.605. The van der Waals surface area contributed by atoms with E-state index in [4.69, 9.17) is 28.7 Å². The molecule has 94 valence electrons. The molecular formula is C7H15NO6P2. The van der Waals surface area contributed by atoms with E-state index >= 15 is 0 Å². The van der Waals surface area contributed by atoms with E-state index in [9.17, 15) is 0 Å². The first-order chi connectivity index (χ1) is 7.40. The molecular weight excluding hydrogens is 256 g/mol. The minimum absolute atomic E-state index is 1.16. The quantitative estimate of drug-likeness (QED) is 0.469. The highest BCUT2D eigenvalue weighted by atomic mass is 31.1. The van der Waals surface area contributed by atoms with E-state index in [1.165, 1.54) is 0 Å². The predicted molar refractivity (Wildman–Crippen MR) is 62.9 cm³/mol. The first-order valence-corrected chi connectivity index (χ1v) is 6.57. The zero-order chi connectivity index (χ0) is 13.0. The second-order valence-corrected chi connectivity index (χ2v) is 3.31. The summed E-state index contributed by atoms with van der Waals surface area (Å²) >= 11 is 0. The lowest BCUT2D eigenvalue weighted by Gasteiger charge is -1.94. The van der Waals surface area contributed by atoms with Crippen LogP contribution in [0.5, 0.6) is 0 Å². The topological polar surface area (TPSA) is 127 Å². The average Bonchev–Trinajstić information content (AvgIpc) is 2.17. The maximum atomic E-state index is 8.74. The van der Waals surface area contributed by atoms with Crippen molar-refractivity contribution < 1.29 is 28.7 Å². The zero-order valence-electron chi connectivity index (χ0n) is 8.49. The maximum absolute atomic E-state index is 8.74. The monoisotopic (exact) mass is 271 g/mol. The summed E-state index contributed by atoms with van der Waals surface area (Å²) in [4.78, 5) is 28.6. The lowest BCUT2D eigenvalue weighted by atomic mass is 10.3. The molecule has 16 heavy (non-hydrogen) atoms. The Labute approximate surface area is 94.3 Å². The van der Waals surface area contributed by atoms with Gasteiger partial charge in [-0.2, -0.15) is 0 Å². The van der Waals surface area contributed by atoms with Gasteiger partial charge in [0.15, 0.2) is 0 Å². The number of hydrogen-bond acceptors (Lipinski definition) is 3. The summed E-state index contributed by atoms with van der Waals surface area (Å²) in [5, 5.41) is 3.03. The van der Waals surface area contributed by atoms with Gasteiger partial charge >= 0.3 is 16.5 Å². The van der Waals surface area contributed by atoms with Crippen LogP contribution in [0.2, 0.25) is 0 Å². The van der Waals surface area contributed by atoms with Crippen molar-refractivity contribution in [3.8, 4) is 0 Å². The molecule has 0 bridgehead atoms. The Balaban J connectivity index is 0. The minimum Gasteiger partial charge on any atom is -0.388 e. The van der Waals surface area contributed by atoms with Crippen molar-refractivity contribution in [2.75, 3.05) is 12.4 Å². The molecule has 1 rings (SSSR count). The minimum atomic E-state index is -3.13. The number of rotatable bonds is 1. The third-order valence-corrected chi connectivity index (χ3v) is 1.06. The van der Waals surface area contributed by atoms with E-state index in [-0.39, 0.29) is 0 Å². The molecule has 9 heteroatoms. The second kappa shape index (κ2) is 12.4. The molecule has 0 radical (unpaired) electrons. The Kier molecular flexibility index (Phi) is 13.7. The summed E-state index contributed by atoms with van der Waals surface area (Å²) in [5.41, 5.74) is 1.16. The normalized spacial score (nSPS) is 8.69. The van der Waals surface area contributed by atoms with Gasteiger partial charge in [-0.15, -0.1) is 0 Å². The standard InChI is InChI=1S/C7H9N.2H3O3P/c1-8-7-5-3-2-4-6-7;2*1-4(2)3/h2-6,8H,1H3;2*4H,(H2,1,2,3). The van der Waals surface area contributed by atoms with Crippen molar-refractivity contribution in [3.05, 3.63) is 30.3 Å². The maximum Gasteiger partial charge on any atom is 0.314 e. The van der Waals surface area contributed by atoms with Crippen molar-refractivity contribution in [2.24, 2.45) is 0 Å². The van der Waals surface area contributed by atoms with Crippen LogP contribution >= 0.6 is 16.5 Å². The smallest absolute Gasteiger partial charge is 0.314 e.